The zero-order valence-electron chi connectivity index (χ0n) is 14.0. The maximum atomic E-state index is 12.0. The van der Waals surface area contributed by atoms with Crippen LogP contribution in [0.4, 0.5) is 5.69 Å². The molecule has 0 radical (unpaired) electrons. The topological polar surface area (TPSA) is 90.9 Å². The normalized spacial score (nSPS) is 10.0. The highest BCUT2D eigenvalue weighted by Gasteiger charge is 2.17. The van der Waals surface area contributed by atoms with Gasteiger partial charge in [-0.15, -0.1) is 11.3 Å². The van der Waals surface area contributed by atoms with Crippen molar-refractivity contribution in [3.63, 3.8) is 0 Å². The molecule has 0 bridgehead atoms. The Labute approximate surface area is 148 Å². The van der Waals surface area contributed by atoms with Gasteiger partial charge in [0.15, 0.2) is 6.61 Å². The summed E-state index contributed by atoms with van der Waals surface area (Å²) in [4.78, 5) is 35.8. The van der Waals surface area contributed by atoms with Gasteiger partial charge in [-0.3, -0.25) is 4.79 Å². The number of methoxy groups -OCH3 is 2. The number of nitrogens with one attached hydrogen (secondary N) is 1. The quantitative estimate of drug-likeness (QED) is 0.794. The molecule has 0 aliphatic rings. The second-order valence-electron chi connectivity index (χ2n) is 4.96. The molecule has 1 aromatic carbocycles. The van der Waals surface area contributed by atoms with Crippen molar-refractivity contribution in [2.45, 2.75) is 6.92 Å². The van der Waals surface area contributed by atoms with Crippen molar-refractivity contribution in [2.75, 3.05) is 26.1 Å². The van der Waals surface area contributed by atoms with Crippen molar-refractivity contribution in [2.24, 2.45) is 0 Å². The van der Waals surface area contributed by atoms with Crippen molar-refractivity contribution in [1.82, 2.24) is 0 Å². The minimum Gasteiger partial charge on any atom is -0.496 e. The van der Waals surface area contributed by atoms with E-state index in [2.05, 4.69) is 10.1 Å². The van der Waals surface area contributed by atoms with Gasteiger partial charge in [-0.25, -0.2) is 9.59 Å². The van der Waals surface area contributed by atoms with Gasteiger partial charge in [-0.2, -0.15) is 0 Å². The van der Waals surface area contributed by atoms with E-state index >= 15 is 0 Å². The van der Waals surface area contributed by atoms with Crippen LogP contribution < -0.4 is 10.1 Å². The number of carbonyl (C=O) groups excluding carboxylic acids is 3. The van der Waals surface area contributed by atoms with Gasteiger partial charge in [0.1, 0.15) is 10.6 Å². The van der Waals surface area contributed by atoms with Crippen molar-refractivity contribution < 1.29 is 28.6 Å². The highest BCUT2D eigenvalue weighted by Crippen LogP contribution is 2.23. The first-order valence-corrected chi connectivity index (χ1v) is 8.11. The van der Waals surface area contributed by atoms with Crippen LogP contribution in [0, 0.1) is 6.92 Å². The molecule has 1 amide bonds. The Kier molecular flexibility index (Phi) is 6.13. The second-order valence-corrected chi connectivity index (χ2v) is 5.88. The van der Waals surface area contributed by atoms with E-state index in [-0.39, 0.29) is 10.4 Å². The number of hydrogen-bond donors (Lipinski definition) is 1. The Morgan fingerprint density at radius 3 is 2.56 bits per heavy atom. The lowest BCUT2D eigenvalue weighted by Gasteiger charge is -2.09. The van der Waals surface area contributed by atoms with Crippen LogP contribution >= 0.6 is 11.3 Å². The molecule has 7 nitrogen and oxygen atoms in total. The summed E-state index contributed by atoms with van der Waals surface area (Å²) in [5.41, 5.74) is 1.47. The first-order chi connectivity index (χ1) is 12.0. The lowest BCUT2D eigenvalue weighted by Crippen LogP contribution is -2.21. The molecule has 0 atom stereocenters. The number of rotatable bonds is 6. The summed E-state index contributed by atoms with van der Waals surface area (Å²) in [5.74, 6) is -1.20. The van der Waals surface area contributed by atoms with Crippen LogP contribution in [0.25, 0.3) is 0 Å². The molecule has 1 aromatic heterocycles. The standard InChI is InChI=1S/C17H17NO6S/c1-10-4-5-11(8-13(10)22-2)16(20)24-9-14(19)18-12-6-7-25-15(12)17(21)23-3/h4-8H,9H2,1-3H3,(H,18,19). The number of thiophene rings is 1. The molecule has 0 aliphatic carbocycles. The molecular weight excluding hydrogens is 346 g/mol. The second kappa shape index (κ2) is 8.29. The van der Waals surface area contributed by atoms with Crippen molar-refractivity contribution in [3.05, 3.63) is 45.6 Å². The smallest absolute Gasteiger partial charge is 0.350 e. The van der Waals surface area contributed by atoms with Crippen molar-refractivity contribution in [3.8, 4) is 5.75 Å². The molecule has 25 heavy (non-hydrogen) atoms. The van der Waals surface area contributed by atoms with E-state index in [4.69, 9.17) is 9.47 Å². The monoisotopic (exact) mass is 363 g/mol. The Balaban J connectivity index is 1.95. The number of ether oxygens (including phenoxy) is 3. The molecule has 0 saturated carbocycles. The van der Waals surface area contributed by atoms with E-state index in [1.165, 1.54) is 14.2 Å². The van der Waals surface area contributed by atoms with Gasteiger partial charge in [0, 0.05) is 0 Å². The zero-order valence-corrected chi connectivity index (χ0v) is 14.8. The molecule has 0 spiro atoms. The maximum Gasteiger partial charge on any atom is 0.350 e. The number of esters is 2. The number of amides is 1. The number of aryl methyl sites for hydroxylation is 1. The summed E-state index contributed by atoms with van der Waals surface area (Å²) in [6.45, 7) is 1.37. The molecule has 0 saturated heterocycles. The number of benzene rings is 1. The Hall–Kier alpha value is -2.87. The third-order valence-corrected chi connectivity index (χ3v) is 4.18. The number of hydrogen-bond acceptors (Lipinski definition) is 7. The Morgan fingerprint density at radius 2 is 1.88 bits per heavy atom. The van der Waals surface area contributed by atoms with Crippen LogP contribution in [0.5, 0.6) is 5.75 Å². The average molecular weight is 363 g/mol. The van der Waals surface area contributed by atoms with E-state index in [9.17, 15) is 14.4 Å². The fourth-order valence-corrected chi connectivity index (χ4v) is 2.77. The van der Waals surface area contributed by atoms with Crippen molar-refractivity contribution in [1.29, 1.82) is 0 Å². The van der Waals surface area contributed by atoms with Gasteiger partial charge in [0.2, 0.25) is 0 Å². The van der Waals surface area contributed by atoms with E-state index in [1.807, 2.05) is 6.92 Å². The van der Waals surface area contributed by atoms with E-state index in [1.54, 1.807) is 29.6 Å². The molecule has 0 unspecified atom stereocenters. The SMILES string of the molecule is COC(=O)c1sccc1NC(=O)COC(=O)c1ccc(C)c(OC)c1. The molecule has 0 fully saturated rings. The molecule has 2 rings (SSSR count). The van der Waals surface area contributed by atoms with Gasteiger partial charge in [-0.1, -0.05) is 6.07 Å². The third kappa shape index (κ3) is 4.57. The number of anilines is 1. The van der Waals surface area contributed by atoms with E-state index in [0.717, 1.165) is 16.9 Å². The molecule has 8 heteroatoms. The van der Waals surface area contributed by atoms with E-state index in [0.29, 0.717) is 11.4 Å². The average Bonchev–Trinajstić information content (AvgIpc) is 3.07. The van der Waals surface area contributed by atoms with Crippen LogP contribution in [0.2, 0.25) is 0 Å². The predicted molar refractivity (Wildman–Crippen MR) is 92.3 cm³/mol. The summed E-state index contributed by atoms with van der Waals surface area (Å²) >= 11 is 1.14. The van der Waals surface area contributed by atoms with E-state index < -0.39 is 24.5 Å². The lowest BCUT2D eigenvalue weighted by molar-refractivity contribution is -0.119. The lowest BCUT2D eigenvalue weighted by atomic mass is 10.1. The van der Waals surface area contributed by atoms with Gasteiger partial charge < -0.3 is 19.5 Å². The van der Waals surface area contributed by atoms with Gasteiger partial charge >= 0.3 is 11.9 Å². The summed E-state index contributed by atoms with van der Waals surface area (Å²) in [6.07, 6.45) is 0. The molecule has 2 aromatic rings. The van der Waals surface area contributed by atoms with Crippen LogP contribution in [0.3, 0.4) is 0 Å². The molecule has 132 valence electrons. The van der Waals surface area contributed by atoms with Gasteiger partial charge in [-0.05, 0) is 36.1 Å². The first kappa shape index (κ1) is 18.5. The minimum atomic E-state index is -0.646. The maximum absolute atomic E-state index is 12.0. The fourth-order valence-electron chi connectivity index (χ4n) is 2.01. The van der Waals surface area contributed by atoms with Gasteiger partial charge in [0.05, 0.1) is 25.5 Å². The van der Waals surface area contributed by atoms with Crippen molar-refractivity contribution >= 4 is 34.9 Å². The van der Waals surface area contributed by atoms with Crippen LogP contribution in [0.1, 0.15) is 25.6 Å². The highest BCUT2D eigenvalue weighted by molar-refractivity contribution is 7.12. The van der Waals surface area contributed by atoms with Gasteiger partial charge in [0.25, 0.3) is 5.91 Å². The third-order valence-electron chi connectivity index (χ3n) is 3.29. The molecule has 1 N–H and O–H groups in total. The van der Waals surface area contributed by atoms with Crippen LogP contribution in [0.15, 0.2) is 29.6 Å². The minimum absolute atomic E-state index is 0.269. The molecular formula is C17H17NO6S. The number of carbonyl (C=O) groups is 3. The van der Waals surface area contributed by atoms with Crippen LogP contribution in [-0.2, 0) is 14.3 Å². The predicted octanol–water partition coefficient (Wildman–Crippen LogP) is 2.65. The van der Waals surface area contributed by atoms with Crippen LogP contribution in [-0.4, -0.2) is 38.7 Å². The summed E-state index contributed by atoms with van der Waals surface area (Å²) in [6, 6.07) is 6.43. The molecule has 1 heterocycles. The fraction of sp³-hybridized carbons (Fsp3) is 0.235. The zero-order chi connectivity index (χ0) is 18.4. The largest absolute Gasteiger partial charge is 0.496 e. The summed E-state index contributed by atoms with van der Waals surface area (Å²) in [5, 5.41) is 4.16. The summed E-state index contributed by atoms with van der Waals surface area (Å²) in [7, 11) is 2.76. The Bertz CT molecular complexity index is 798. The molecule has 0 aliphatic heterocycles. The Morgan fingerprint density at radius 1 is 1.12 bits per heavy atom. The first-order valence-electron chi connectivity index (χ1n) is 7.23. The summed E-state index contributed by atoms with van der Waals surface area (Å²) < 4.78 is 14.8. The highest BCUT2D eigenvalue weighted by atomic mass is 32.1.